The number of hydrogen-bond donors (Lipinski definition) is 2. The fraction of sp³-hybridized carbons (Fsp3) is 0.200. The van der Waals surface area contributed by atoms with E-state index in [0.717, 1.165) is 0 Å². The Morgan fingerprint density at radius 2 is 2.33 bits per heavy atom. The van der Waals surface area contributed by atoms with E-state index in [1.54, 1.807) is 0 Å². The second-order valence-electron chi connectivity index (χ2n) is 1.31. The first kappa shape index (κ1) is 7.68. The SMILES string of the molecule is NC(=O)NCC=CC=O. The van der Waals surface area contributed by atoms with Crippen molar-refractivity contribution in [2.75, 3.05) is 6.54 Å². The topological polar surface area (TPSA) is 72.2 Å². The van der Waals surface area contributed by atoms with Crippen LogP contribution in [0.25, 0.3) is 0 Å². The summed E-state index contributed by atoms with van der Waals surface area (Å²) in [4.78, 5) is 19.6. The third-order valence-electron chi connectivity index (χ3n) is 0.609. The van der Waals surface area contributed by atoms with Crippen LogP contribution in [0.15, 0.2) is 12.2 Å². The van der Waals surface area contributed by atoms with E-state index < -0.39 is 6.03 Å². The second kappa shape index (κ2) is 4.83. The molecule has 0 aliphatic heterocycles. The van der Waals surface area contributed by atoms with E-state index in [9.17, 15) is 9.59 Å². The Morgan fingerprint density at radius 1 is 1.67 bits per heavy atom. The summed E-state index contributed by atoms with van der Waals surface area (Å²) in [6, 6.07) is -0.592. The number of hydrogen-bond acceptors (Lipinski definition) is 2. The average Bonchev–Trinajstić information content (AvgIpc) is 1.80. The summed E-state index contributed by atoms with van der Waals surface area (Å²) in [5.41, 5.74) is 4.70. The molecule has 9 heavy (non-hydrogen) atoms. The van der Waals surface area contributed by atoms with Gasteiger partial charge in [0.2, 0.25) is 0 Å². The molecule has 0 aromatic heterocycles. The van der Waals surface area contributed by atoms with Crippen LogP contribution in [0.2, 0.25) is 0 Å². The molecule has 0 bridgehead atoms. The van der Waals surface area contributed by atoms with Gasteiger partial charge < -0.3 is 11.1 Å². The minimum Gasteiger partial charge on any atom is -0.352 e. The van der Waals surface area contributed by atoms with Gasteiger partial charge in [0, 0.05) is 6.54 Å². The number of primary amides is 1. The predicted octanol–water partition coefficient (Wildman–Crippen LogP) is -0.590. The van der Waals surface area contributed by atoms with E-state index in [2.05, 4.69) is 5.32 Å². The van der Waals surface area contributed by atoms with Gasteiger partial charge in [-0.15, -0.1) is 0 Å². The van der Waals surface area contributed by atoms with Crippen LogP contribution in [0.5, 0.6) is 0 Å². The molecule has 0 heterocycles. The molecule has 0 aromatic rings. The first-order valence-corrected chi connectivity index (χ1v) is 2.41. The Hall–Kier alpha value is -1.32. The fourth-order valence-corrected chi connectivity index (χ4v) is 0.283. The quantitative estimate of drug-likeness (QED) is 0.394. The summed E-state index contributed by atoms with van der Waals surface area (Å²) < 4.78 is 0. The highest BCUT2D eigenvalue weighted by Crippen LogP contribution is 1.63. The van der Waals surface area contributed by atoms with E-state index in [1.807, 2.05) is 0 Å². The maximum absolute atomic E-state index is 9.95. The molecule has 0 saturated carbocycles. The Balaban J connectivity index is 3.19. The molecule has 0 spiro atoms. The number of carbonyl (C=O) groups excluding carboxylic acids is 2. The van der Waals surface area contributed by atoms with Crippen LogP contribution in [-0.4, -0.2) is 18.9 Å². The zero-order valence-corrected chi connectivity index (χ0v) is 4.83. The number of amides is 2. The van der Waals surface area contributed by atoms with Gasteiger partial charge in [-0.1, -0.05) is 6.08 Å². The van der Waals surface area contributed by atoms with Gasteiger partial charge >= 0.3 is 6.03 Å². The van der Waals surface area contributed by atoms with Gasteiger partial charge in [-0.05, 0) is 6.08 Å². The van der Waals surface area contributed by atoms with Crippen molar-refractivity contribution in [3.05, 3.63) is 12.2 Å². The third kappa shape index (κ3) is 6.68. The van der Waals surface area contributed by atoms with E-state index in [1.165, 1.54) is 12.2 Å². The highest BCUT2D eigenvalue weighted by molar-refractivity contribution is 5.72. The van der Waals surface area contributed by atoms with Gasteiger partial charge in [0.15, 0.2) is 0 Å². The van der Waals surface area contributed by atoms with Crippen LogP contribution in [-0.2, 0) is 4.79 Å². The highest BCUT2D eigenvalue weighted by atomic mass is 16.2. The molecule has 0 fully saturated rings. The molecule has 0 unspecified atom stereocenters. The lowest BCUT2D eigenvalue weighted by atomic mass is 10.5. The lowest BCUT2D eigenvalue weighted by molar-refractivity contribution is -0.104. The van der Waals surface area contributed by atoms with Crippen LogP contribution in [0.3, 0.4) is 0 Å². The van der Waals surface area contributed by atoms with Gasteiger partial charge in [-0.3, -0.25) is 4.79 Å². The fourth-order valence-electron chi connectivity index (χ4n) is 0.283. The van der Waals surface area contributed by atoms with Crippen molar-refractivity contribution < 1.29 is 9.59 Å². The largest absolute Gasteiger partial charge is 0.352 e. The smallest absolute Gasteiger partial charge is 0.312 e. The molecule has 3 N–H and O–H groups in total. The number of nitrogens with two attached hydrogens (primary N) is 1. The average molecular weight is 128 g/mol. The van der Waals surface area contributed by atoms with Crippen molar-refractivity contribution in [1.29, 1.82) is 0 Å². The zero-order valence-electron chi connectivity index (χ0n) is 4.83. The van der Waals surface area contributed by atoms with Crippen molar-refractivity contribution >= 4 is 12.3 Å². The molecule has 0 aromatic carbocycles. The third-order valence-corrected chi connectivity index (χ3v) is 0.609. The minimum absolute atomic E-state index is 0.300. The maximum atomic E-state index is 9.95. The zero-order chi connectivity index (χ0) is 7.11. The lowest BCUT2D eigenvalue weighted by Crippen LogP contribution is -2.29. The van der Waals surface area contributed by atoms with Crippen LogP contribution in [0, 0.1) is 0 Å². The van der Waals surface area contributed by atoms with Crippen molar-refractivity contribution in [2.24, 2.45) is 5.73 Å². The number of aldehydes is 1. The molecule has 0 rings (SSSR count). The van der Waals surface area contributed by atoms with Crippen LogP contribution in [0.4, 0.5) is 4.79 Å². The lowest BCUT2D eigenvalue weighted by Gasteiger charge is -1.91. The van der Waals surface area contributed by atoms with E-state index in [0.29, 0.717) is 12.8 Å². The Bertz CT molecular complexity index is 131. The number of nitrogens with one attached hydrogen (secondary N) is 1. The molecule has 0 radical (unpaired) electrons. The first-order valence-electron chi connectivity index (χ1n) is 2.41. The Labute approximate surface area is 52.7 Å². The van der Waals surface area contributed by atoms with Gasteiger partial charge in [0.1, 0.15) is 6.29 Å². The summed E-state index contributed by atoms with van der Waals surface area (Å²) >= 11 is 0. The van der Waals surface area contributed by atoms with Crippen LogP contribution >= 0.6 is 0 Å². The number of urea groups is 1. The number of allylic oxidation sites excluding steroid dienone is 1. The monoisotopic (exact) mass is 128 g/mol. The van der Waals surface area contributed by atoms with Gasteiger partial charge in [-0.2, -0.15) is 0 Å². The molecule has 0 saturated heterocycles. The summed E-state index contributed by atoms with van der Waals surface area (Å²) in [6.07, 6.45) is 3.41. The second-order valence-corrected chi connectivity index (χ2v) is 1.31. The molecule has 0 aliphatic carbocycles. The first-order chi connectivity index (χ1) is 4.27. The molecule has 4 nitrogen and oxygen atoms in total. The summed E-state index contributed by atoms with van der Waals surface area (Å²) in [7, 11) is 0. The molecule has 2 amide bonds. The number of carbonyl (C=O) groups is 2. The Morgan fingerprint density at radius 3 is 2.78 bits per heavy atom. The van der Waals surface area contributed by atoms with Gasteiger partial charge in [-0.25, -0.2) is 4.79 Å². The summed E-state index contributed by atoms with van der Waals surface area (Å²) in [6.45, 7) is 0.300. The Kier molecular flexibility index (Phi) is 4.12. The molecular weight excluding hydrogens is 120 g/mol. The highest BCUT2D eigenvalue weighted by Gasteiger charge is 1.82. The standard InChI is InChI=1S/C5H8N2O2/c6-5(9)7-3-1-2-4-8/h1-2,4H,3H2,(H3,6,7,9). The van der Waals surface area contributed by atoms with Crippen molar-refractivity contribution in [3.63, 3.8) is 0 Å². The molecule has 0 atom stereocenters. The van der Waals surface area contributed by atoms with E-state index >= 15 is 0 Å². The van der Waals surface area contributed by atoms with Crippen LogP contribution in [0.1, 0.15) is 0 Å². The maximum Gasteiger partial charge on any atom is 0.312 e. The van der Waals surface area contributed by atoms with Crippen molar-refractivity contribution in [1.82, 2.24) is 5.32 Å². The molecule has 4 heteroatoms. The normalized spacial score (nSPS) is 9.33. The summed E-state index contributed by atoms with van der Waals surface area (Å²) in [5.74, 6) is 0. The van der Waals surface area contributed by atoms with Gasteiger partial charge in [0.25, 0.3) is 0 Å². The molecule has 50 valence electrons. The van der Waals surface area contributed by atoms with Crippen molar-refractivity contribution in [2.45, 2.75) is 0 Å². The number of rotatable bonds is 3. The predicted molar refractivity (Wildman–Crippen MR) is 32.8 cm³/mol. The molecule has 0 aliphatic rings. The van der Waals surface area contributed by atoms with E-state index in [4.69, 9.17) is 5.73 Å². The van der Waals surface area contributed by atoms with Crippen molar-refractivity contribution in [3.8, 4) is 0 Å². The van der Waals surface area contributed by atoms with Crippen LogP contribution < -0.4 is 11.1 Å². The molecular formula is C5H8N2O2. The summed E-state index contributed by atoms with van der Waals surface area (Å²) in [5, 5.41) is 2.27. The van der Waals surface area contributed by atoms with E-state index in [-0.39, 0.29) is 0 Å². The van der Waals surface area contributed by atoms with Gasteiger partial charge in [0.05, 0.1) is 0 Å². The minimum atomic E-state index is -0.592.